The lowest BCUT2D eigenvalue weighted by Gasteiger charge is -2.15. The number of H-pyrrole nitrogens is 1. The minimum Gasteiger partial charge on any atom is -0.494 e. The van der Waals surface area contributed by atoms with Gasteiger partial charge in [0, 0.05) is 48.3 Å². The van der Waals surface area contributed by atoms with E-state index in [0.29, 0.717) is 5.57 Å². The van der Waals surface area contributed by atoms with Gasteiger partial charge in [-0.2, -0.15) is 0 Å². The van der Waals surface area contributed by atoms with E-state index in [4.69, 9.17) is 0 Å². The van der Waals surface area contributed by atoms with Gasteiger partial charge in [-0.3, -0.25) is 19.1 Å². The molecule has 3 aromatic rings. The molecule has 2 aromatic heterocycles. The first kappa shape index (κ1) is 18.7. The third-order valence-corrected chi connectivity index (χ3v) is 7.24. The Kier molecular flexibility index (Phi) is 4.19. The van der Waals surface area contributed by atoms with E-state index in [0.717, 1.165) is 57.8 Å². The number of carbonyl (C=O) groups is 1. The van der Waals surface area contributed by atoms with Crippen LogP contribution < -0.4 is 10.2 Å². The molecule has 0 spiro atoms. The summed E-state index contributed by atoms with van der Waals surface area (Å²) in [5.74, 6) is 1.65. The van der Waals surface area contributed by atoms with Gasteiger partial charge >= 0.3 is 4.87 Å². The van der Waals surface area contributed by atoms with E-state index >= 15 is 0 Å². The molecule has 2 atom stereocenters. The van der Waals surface area contributed by atoms with Gasteiger partial charge in [-0.25, -0.2) is 0 Å². The van der Waals surface area contributed by atoms with Crippen molar-refractivity contribution in [2.45, 2.75) is 19.5 Å². The van der Waals surface area contributed by atoms with Crippen molar-refractivity contribution in [1.29, 1.82) is 0 Å². The maximum absolute atomic E-state index is 12.6. The lowest BCUT2D eigenvalue weighted by atomic mass is 10.0. The molecule has 3 aliphatic rings. The predicted molar refractivity (Wildman–Crippen MR) is 120 cm³/mol. The van der Waals surface area contributed by atoms with Gasteiger partial charge in [0.2, 0.25) is 5.88 Å². The second-order valence-electron chi connectivity index (χ2n) is 8.75. The van der Waals surface area contributed by atoms with Gasteiger partial charge in [0.05, 0.1) is 11.9 Å². The number of hydrogen-bond acceptors (Lipinski definition) is 5. The molecule has 158 valence electrons. The van der Waals surface area contributed by atoms with Crippen LogP contribution in [0.25, 0.3) is 11.6 Å². The van der Waals surface area contributed by atoms with Gasteiger partial charge < -0.3 is 15.4 Å². The van der Waals surface area contributed by atoms with Gasteiger partial charge in [-0.1, -0.05) is 17.4 Å². The van der Waals surface area contributed by atoms with E-state index in [-0.39, 0.29) is 23.2 Å². The van der Waals surface area contributed by atoms with E-state index in [2.05, 4.69) is 21.3 Å². The molecule has 6 rings (SSSR count). The number of likely N-dealkylation sites (tertiary alicyclic amines) is 1. The second-order valence-corrected chi connectivity index (χ2v) is 9.57. The first-order valence-corrected chi connectivity index (χ1v) is 11.3. The zero-order chi connectivity index (χ0) is 21.1. The van der Waals surface area contributed by atoms with Crippen molar-refractivity contribution in [3.05, 3.63) is 67.9 Å². The highest BCUT2D eigenvalue weighted by Crippen LogP contribution is 2.45. The van der Waals surface area contributed by atoms with Gasteiger partial charge in [0.15, 0.2) is 0 Å². The predicted octanol–water partition coefficient (Wildman–Crippen LogP) is 2.94. The zero-order valence-corrected chi connectivity index (χ0v) is 17.6. The van der Waals surface area contributed by atoms with E-state index in [9.17, 15) is 14.7 Å². The Hall–Kier alpha value is -3.10. The van der Waals surface area contributed by atoms with Gasteiger partial charge in [-0.05, 0) is 53.7 Å². The van der Waals surface area contributed by atoms with Gasteiger partial charge in [0.25, 0.3) is 5.91 Å². The highest BCUT2D eigenvalue weighted by Gasteiger charge is 2.44. The summed E-state index contributed by atoms with van der Waals surface area (Å²) in [6.45, 7) is 3.57. The lowest BCUT2D eigenvalue weighted by molar-refractivity contribution is -0.110. The molecule has 8 heteroatoms. The summed E-state index contributed by atoms with van der Waals surface area (Å²) in [5.41, 5.74) is 5.15. The van der Waals surface area contributed by atoms with Crippen LogP contribution >= 0.6 is 11.3 Å². The number of aromatic nitrogens is 2. The molecule has 31 heavy (non-hydrogen) atoms. The van der Waals surface area contributed by atoms with Crippen LogP contribution in [0.2, 0.25) is 0 Å². The normalized spacial score (nSPS) is 23.2. The Morgan fingerprint density at radius 3 is 2.77 bits per heavy atom. The molecule has 1 aromatic carbocycles. The number of benzene rings is 1. The topological polar surface area (TPSA) is 90.4 Å². The summed E-state index contributed by atoms with van der Waals surface area (Å²) >= 11 is 0.967. The van der Waals surface area contributed by atoms with Crippen LogP contribution in [0.4, 0.5) is 5.69 Å². The van der Waals surface area contributed by atoms with E-state index in [1.54, 1.807) is 0 Å². The summed E-state index contributed by atoms with van der Waals surface area (Å²) < 4.78 is 1.32. The van der Waals surface area contributed by atoms with Crippen LogP contribution in [-0.4, -0.2) is 38.6 Å². The number of piperidine rings is 1. The Labute approximate surface area is 182 Å². The molecule has 2 fully saturated rings. The van der Waals surface area contributed by atoms with Crippen LogP contribution in [0, 0.1) is 11.8 Å². The van der Waals surface area contributed by atoms with Crippen LogP contribution in [0.1, 0.15) is 28.8 Å². The molecule has 1 amide bonds. The first-order valence-electron chi connectivity index (χ1n) is 10.5. The first-order chi connectivity index (χ1) is 15.0. The number of hydrogen-bond donors (Lipinski definition) is 3. The Morgan fingerprint density at radius 1 is 1.16 bits per heavy atom. The van der Waals surface area contributed by atoms with E-state index in [1.807, 2.05) is 30.5 Å². The molecule has 0 radical (unpaired) electrons. The van der Waals surface area contributed by atoms with E-state index in [1.165, 1.54) is 29.5 Å². The van der Waals surface area contributed by atoms with Crippen LogP contribution in [0.5, 0.6) is 5.88 Å². The molecule has 4 heterocycles. The fourth-order valence-corrected chi connectivity index (χ4v) is 5.41. The number of nitrogens with one attached hydrogen (secondary N) is 2. The highest BCUT2D eigenvalue weighted by atomic mass is 32.1. The van der Waals surface area contributed by atoms with Crippen molar-refractivity contribution < 1.29 is 9.90 Å². The largest absolute Gasteiger partial charge is 0.494 e. The van der Waals surface area contributed by atoms with Crippen LogP contribution in [-0.2, 0) is 17.9 Å². The Morgan fingerprint density at radius 2 is 2.00 bits per heavy atom. The molecule has 1 aliphatic carbocycles. The molecular weight excluding hydrogens is 412 g/mol. The molecule has 7 nitrogen and oxygen atoms in total. The monoisotopic (exact) mass is 434 g/mol. The summed E-state index contributed by atoms with van der Waals surface area (Å²) in [6.07, 6.45) is 5.24. The number of fused-ring (bicyclic) bond motifs is 2. The number of thiazole rings is 1. The van der Waals surface area contributed by atoms with Crippen molar-refractivity contribution in [2.24, 2.45) is 11.8 Å². The second kappa shape index (κ2) is 6.96. The van der Waals surface area contributed by atoms with Crippen molar-refractivity contribution in [2.75, 3.05) is 18.4 Å². The minimum atomic E-state index is -0.210. The molecule has 1 saturated heterocycles. The minimum absolute atomic E-state index is 0.0457. The molecule has 3 N–H and O–H groups in total. The number of amides is 1. The fourth-order valence-electron chi connectivity index (χ4n) is 4.80. The number of aromatic hydroxyl groups is 1. The Balaban J connectivity index is 1.25. The number of nitrogens with zero attached hydrogens (tertiary/aromatic N) is 2. The quantitative estimate of drug-likeness (QED) is 0.539. The number of rotatable bonds is 5. The molecular formula is C23H22N4O3S. The highest BCUT2D eigenvalue weighted by molar-refractivity contribution is 7.07. The van der Waals surface area contributed by atoms with E-state index < -0.39 is 0 Å². The smallest absolute Gasteiger partial charge is 0.310 e. The Bertz CT molecular complexity index is 1270. The molecule has 2 aliphatic heterocycles. The van der Waals surface area contributed by atoms with Crippen molar-refractivity contribution in [3.8, 4) is 5.88 Å². The average Bonchev–Trinajstić information content (AvgIpc) is 3.10. The van der Waals surface area contributed by atoms with Crippen molar-refractivity contribution >= 4 is 34.6 Å². The van der Waals surface area contributed by atoms with Crippen molar-refractivity contribution in [3.63, 3.8) is 0 Å². The lowest BCUT2D eigenvalue weighted by Crippen LogP contribution is -2.22. The number of anilines is 1. The summed E-state index contributed by atoms with van der Waals surface area (Å²) in [5, 5.41) is 14.2. The van der Waals surface area contributed by atoms with Crippen LogP contribution in [0.15, 0.2) is 40.6 Å². The molecule has 0 bridgehead atoms. The maximum atomic E-state index is 12.6. The van der Waals surface area contributed by atoms with Crippen molar-refractivity contribution in [1.82, 2.24) is 14.5 Å². The number of carbonyl (C=O) groups excluding carboxylic acids is 1. The van der Waals surface area contributed by atoms with Crippen LogP contribution in [0.3, 0.4) is 0 Å². The third-order valence-electron chi connectivity index (χ3n) is 6.49. The van der Waals surface area contributed by atoms with Gasteiger partial charge in [-0.15, -0.1) is 0 Å². The summed E-state index contributed by atoms with van der Waals surface area (Å²) in [7, 11) is 0. The summed E-state index contributed by atoms with van der Waals surface area (Å²) in [4.78, 5) is 30.2. The third kappa shape index (κ3) is 3.41. The average molecular weight is 435 g/mol. The van der Waals surface area contributed by atoms with Gasteiger partial charge in [0.1, 0.15) is 0 Å². The standard InChI is InChI=1S/C23H22N4O3S/c28-21-12-31-23(30)27(21)8-13-1-2-20-18(4-13)19(22(29)25-20)5-14-3-17(24-7-14)11-26-9-15-6-16(15)10-26/h1-5,7,12,15-16,24,28H,6,8-11H2,(H,25,29)/t15-,16+. The fraction of sp³-hybridized carbons (Fsp3) is 0.304. The molecule has 1 saturated carbocycles. The number of aromatic amines is 1. The summed E-state index contributed by atoms with van der Waals surface area (Å²) in [6, 6.07) is 7.72. The molecule has 0 unspecified atom stereocenters. The maximum Gasteiger partial charge on any atom is 0.310 e. The SMILES string of the molecule is O=C1Nc2ccc(Cn3c(O)csc3=O)cc2C1=Cc1c[nH]c(CN2C[C@H]3C[C@H]3C2)c1. The zero-order valence-electron chi connectivity index (χ0n) is 16.8.